The van der Waals surface area contributed by atoms with Crippen LogP contribution in [0.1, 0.15) is 31.2 Å². The summed E-state index contributed by atoms with van der Waals surface area (Å²) in [5, 5.41) is 9.97. The molecule has 0 aromatic heterocycles. The number of nitrogens with one attached hydrogen (secondary N) is 2. The van der Waals surface area contributed by atoms with Crippen molar-refractivity contribution >= 4 is 11.6 Å². The van der Waals surface area contributed by atoms with Crippen LogP contribution in [0.15, 0.2) is 18.2 Å². The van der Waals surface area contributed by atoms with Crippen molar-refractivity contribution in [3.63, 3.8) is 0 Å². The van der Waals surface area contributed by atoms with Crippen molar-refractivity contribution in [2.24, 2.45) is 0 Å². The molecular formula is C13H14F4N2O2. The zero-order valence-electron chi connectivity index (χ0n) is 10.9. The zero-order chi connectivity index (χ0) is 15.7. The molecule has 1 saturated carbocycles. The number of halogens is 4. The third-order valence-electron chi connectivity index (χ3n) is 3.46. The van der Waals surface area contributed by atoms with E-state index in [4.69, 9.17) is 0 Å². The topological polar surface area (TPSA) is 61.4 Å². The molecule has 1 aromatic rings. The fourth-order valence-electron chi connectivity index (χ4n) is 2.22. The van der Waals surface area contributed by atoms with Gasteiger partial charge in [0, 0.05) is 0 Å². The predicted octanol–water partition coefficient (Wildman–Crippen LogP) is 2.59. The van der Waals surface area contributed by atoms with Gasteiger partial charge in [-0.2, -0.15) is 13.2 Å². The quantitative estimate of drug-likeness (QED) is 0.594. The van der Waals surface area contributed by atoms with E-state index in [-0.39, 0.29) is 12.8 Å². The number of hydrogen-bond donors (Lipinski definition) is 3. The van der Waals surface area contributed by atoms with E-state index in [1.165, 1.54) is 0 Å². The summed E-state index contributed by atoms with van der Waals surface area (Å²) in [5.41, 5.74) is 1.04. The summed E-state index contributed by atoms with van der Waals surface area (Å²) in [4.78, 5) is 11.8. The lowest BCUT2D eigenvalue weighted by molar-refractivity contribution is -0.138. The summed E-state index contributed by atoms with van der Waals surface area (Å²) in [7, 11) is 0. The molecule has 0 spiro atoms. The van der Waals surface area contributed by atoms with Crippen LogP contribution in [0.5, 0.6) is 0 Å². The van der Waals surface area contributed by atoms with Crippen LogP contribution < -0.4 is 10.9 Å². The Balaban J connectivity index is 2.08. The molecule has 0 bridgehead atoms. The van der Waals surface area contributed by atoms with E-state index < -0.39 is 34.8 Å². The summed E-state index contributed by atoms with van der Waals surface area (Å²) in [6, 6.07) is 1.81. The van der Waals surface area contributed by atoms with Crippen LogP contribution in [0.3, 0.4) is 0 Å². The maximum Gasteiger partial charge on any atom is 0.416 e. The Morgan fingerprint density at radius 2 is 1.86 bits per heavy atom. The number of hydrazine groups is 1. The fourth-order valence-corrected chi connectivity index (χ4v) is 2.22. The van der Waals surface area contributed by atoms with Gasteiger partial charge in [-0.1, -0.05) is 0 Å². The maximum atomic E-state index is 13.4. The third-order valence-corrected chi connectivity index (χ3v) is 3.46. The Hall–Kier alpha value is -1.83. The fraction of sp³-hybridized carbons (Fsp3) is 0.462. The maximum absolute atomic E-state index is 13.4. The SMILES string of the molecule is O=C(NNc1cc(C(F)(F)F)ccc1F)C1(O)CCCC1. The van der Waals surface area contributed by atoms with Crippen LogP contribution in [-0.2, 0) is 11.0 Å². The summed E-state index contributed by atoms with van der Waals surface area (Å²) in [5.74, 6) is -1.72. The molecular weight excluding hydrogens is 292 g/mol. The zero-order valence-corrected chi connectivity index (χ0v) is 10.9. The lowest BCUT2D eigenvalue weighted by Crippen LogP contribution is -2.47. The number of rotatable bonds is 3. The number of alkyl halides is 3. The second kappa shape index (κ2) is 5.51. The van der Waals surface area contributed by atoms with Crippen LogP contribution in [0.4, 0.5) is 23.2 Å². The van der Waals surface area contributed by atoms with Crippen LogP contribution in [-0.4, -0.2) is 16.6 Å². The van der Waals surface area contributed by atoms with E-state index in [0.29, 0.717) is 31.0 Å². The van der Waals surface area contributed by atoms with E-state index in [9.17, 15) is 27.5 Å². The van der Waals surface area contributed by atoms with Gasteiger partial charge in [-0.05, 0) is 43.9 Å². The summed E-state index contributed by atoms with van der Waals surface area (Å²) in [6.45, 7) is 0. The molecule has 0 aliphatic heterocycles. The Morgan fingerprint density at radius 3 is 2.43 bits per heavy atom. The van der Waals surface area contributed by atoms with Gasteiger partial charge in [-0.25, -0.2) is 4.39 Å². The van der Waals surface area contributed by atoms with E-state index in [2.05, 4.69) is 10.9 Å². The molecule has 3 N–H and O–H groups in total. The lowest BCUT2D eigenvalue weighted by atomic mass is 10.0. The van der Waals surface area contributed by atoms with Gasteiger partial charge in [-0.3, -0.25) is 15.6 Å². The van der Waals surface area contributed by atoms with Crippen molar-refractivity contribution < 1.29 is 27.5 Å². The van der Waals surface area contributed by atoms with E-state index in [1.54, 1.807) is 0 Å². The first-order chi connectivity index (χ1) is 9.72. The standard InChI is InChI=1S/C13H14F4N2O2/c14-9-4-3-8(13(15,16)17)7-10(9)18-19-11(20)12(21)5-1-2-6-12/h3-4,7,18,21H,1-2,5-6H2,(H,19,20). The van der Waals surface area contributed by atoms with Crippen molar-refractivity contribution in [3.8, 4) is 0 Å². The molecule has 1 aliphatic rings. The van der Waals surface area contributed by atoms with Gasteiger partial charge in [-0.15, -0.1) is 0 Å². The monoisotopic (exact) mass is 306 g/mol. The number of carbonyl (C=O) groups is 1. The van der Waals surface area contributed by atoms with Gasteiger partial charge >= 0.3 is 6.18 Å². The molecule has 1 aliphatic carbocycles. The smallest absolute Gasteiger partial charge is 0.380 e. The minimum atomic E-state index is -4.61. The Kier molecular flexibility index (Phi) is 4.08. The number of benzene rings is 1. The van der Waals surface area contributed by atoms with Gasteiger partial charge in [0.25, 0.3) is 5.91 Å². The average Bonchev–Trinajstić information content (AvgIpc) is 2.84. The number of hydrogen-bond acceptors (Lipinski definition) is 3. The Morgan fingerprint density at radius 1 is 1.24 bits per heavy atom. The van der Waals surface area contributed by atoms with Crippen molar-refractivity contribution in [2.45, 2.75) is 37.5 Å². The molecule has 0 heterocycles. The Bertz CT molecular complexity index is 539. The number of carbonyl (C=O) groups excluding carboxylic acids is 1. The summed E-state index contributed by atoms with van der Waals surface area (Å²) in [6.07, 6.45) is -2.71. The van der Waals surface area contributed by atoms with Gasteiger partial charge in [0.15, 0.2) is 0 Å². The van der Waals surface area contributed by atoms with Crippen molar-refractivity contribution in [1.29, 1.82) is 0 Å². The van der Waals surface area contributed by atoms with Crippen LogP contribution in [0, 0.1) is 5.82 Å². The Labute approximate surface area is 118 Å². The van der Waals surface area contributed by atoms with Gasteiger partial charge < -0.3 is 5.11 Å². The molecule has 21 heavy (non-hydrogen) atoms. The van der Waals surface area contributed by atoms with Gasteiger partial charge in [0.05, 0.1) is 11.3 Å². The molecule has 116 valence electrons. The predicted molar refractivity (Wildman–Crippen MR) is 66.6 cm³/mol. The molecule has 2 rings (SSSR count). The highest BCUT2D eigenvalue weighted by molar-refractivity contribution is 5.86. The first-order valence-electron chi connectivity index (χ1n) is 6.38. The lowest BCUT2D eigenvalue weighted by Gasteiger charge is -2.21. The minimum Gasteiger partial charge on any atom is -0.380 e. The summed E-state index contributed by atoms with van der Waals surface area (Å²) < 4.78 is 51.0. The minimum absolute atomic E-state index is 0.269. The molecule has 8 heteroatoms. The first kappa shape index (κ1) is 15.6. The summed E-state index contributed by atoms with van der Waals surface area (Å²) >= 11 is 0. The number of amides is 1. The second-order valence-corrected chi connectivity index (χ2v) is 5.01. The number of aliphatic hydroxyl groups is 1. The molecule has 4 nitrogen and oxygen atoms in total. The first-order valence-corrected chi connectivity index (χ1v) is 6.38. The highest BCUT2D eigenvalue weighted by atomic mass is 19.4. The molecule has 0 atom stereocenters. The average molecular weight is 306 g/mol. The van der Waals surface area contributed by atoms with Crippen LogP contribution in [0.25, 0.3) is 0 Å². The highest BCUT2D eigenvalue weighted by Crippen LogP contribution is 2.32. The molecule has 1 amide bonds. The van der Waals surface area contributed by atoms with E-state index >= 15 is 0 Å². The normalized spacial score (nSPS) is 17.6. The van der Waals surface area contributed by atoms with Gasteiger partial charge in [0.1, 0.15) is 11.4 Å². The second-order valence-electron chi connectivity index (χ2n) is 5.01. The largest absolute Gasteiger partial charge is 0.416 e. The van der Waals surface area contributed by atoms with Crippen LogP contribution in [0.2, 0.25) is 0 Å². The molecule has 0 unspecified atom stereocenters. The number of anilines is 1. The molecule has 1 fully saturated rings. The molecule has 0 radical (unpaired) electrons. The van der Waals surface area contributed by atoms with Crippen molar-refractivity contribution in [2.75, 3.05) is 5.43 Å². The highest BCUT2D eigenvalue weighted by Gasteiger charge is 2.39. The molecule has 0 saturated heterocycles. The third kappa shape index (κ3) is 3.44. The van der Waals surface area contributed by atoms with Crippen molar-refractivity contribution in [1.82, 2.24) is 5.43 Å². The van der Waals surface area contributed by atoms with E-state index in [0.717, 1.165) is 0 Å². The van der Waals surface area contributed by atoms with Crippen molar-refractivity contribution in [3.05, 3.63) is 29.6 Å². The van der Waals surface area contributed by atoms with E-state index in [1.807, 2.05) is 0 Å². The van der Waals surface area contributed by atoms with Crippen LogP contribution >= 0.6 is 0 Å². The van der Waals surface area contributed by atoms with Gasteiger partial charge in [0.2, 0.25) is 0 Å². The molecule has 1 aromatic carbocycles.